The molecule has 6 aromatic rings. The van der Waals surface area contributed by atoms with Crippen LogP contribution in [0.25, 0.3) is 0 Å². The van der Waals surface area contributed by atoms with Crippen molar-refractivity contribution >= 4 is 133 Å². The van der Waals surface area contributed by atoms with Crippen LogP contribution in [0.1, 0.15) is 51.9 Å². The van der Waals surface area contributed by atoms with Crippen molar-refractivity contribution in [2.75, 3.05) is 91.0 Å². The number of aliphatic hydroxyl groups excluding tert-OH is 4. The van der Waals surface area contributed by atoms with E-state index in [0.29, 0.717) is 88.8 Å². The molecule has 3 amide bonds. The Morgan fingerprint density at radius 3 is 1.17 bits per heavy atom. The minimum absolute atomic E-state index is 0.258. The lowest BCUT2D eigenvalue weighted by molar-refractivity contribution is -0.712. The first kappa shape index (κ1) is 71.5. The van der Waals surface area contributed by atoms with Crippen molar-refractivity contribution in [3.05, 3.63) is 78.4 Å². The summed E-state index contributed by atoms with van der Waals surface area (Å²) in [7, 11) is -0.803. The number of aliphatic hydroxyl groups is 4. The molecule has 0 spiro atoms. The number of aromatic nitrogens is 4. The summed E-state index contributed by atoms with van der Waals surface area (Å²) in [5.74, 6) is -0.230. The minimum atomic E-state index is -4.41. The van der Waals surface area contributed by atoms with Gasteiger partial charge in [0.1, 0.15) is 37.0 Å². The van der Waals surface area contributed by atoms with E-state index in [1.165, 1.54) is 60.1 Å². The van der Waals surface area contributed by atoms with Gasteiger partial charge in [-0.15, -0.1) is 9.36 Å². The summed E-state index contributed by atoms with van der Waals surface area (Å²) in [5, 5.41) is 83.8. The Hall–Kier alpha value is -8.01. The maximum Gasteiger partial charge on any atom is 0.431 e. The summed E-state index contributed by atoms with van der Waals surface area (Å²) in [6, 6.07) is 20.4. The number of hydrogen-bond donors (Lipinski definition) is 9. The van der Waals surface area contributed by atoms with Gasteiger partial charge in [-0.05, 0) is 121 Å². The fourth-order valence-electron chi connectivity index (χ4n) is 7.31. The Morgan fingerprint density at radius 1 is 0.552 bits per heavy atom. The van der Waals surface area contributed by atoms with Gasteiger partial charge in [-0.1, -0.05) is 10.2 Å². The van der Waals surface area contributed by atoms with Crippen molar-refractivity contribution in [3.63, 3.8) is 0 Å². The number of aryl methyl sites for hydroxylation is 2. The third-order valence-corrected chi connectivity index (χ3v) is 13.8. The van der Waals surface area contributed by atoms with Gasteiger partial charge in [0.05, 0.1) is 85.8 Å². The Balaban J connectivity index is 0.00000122. The van der Waals surface area contributed by atoms with Crippen LogP contribution in [-0.4, -0.2) is 153 Å². The molecule has 0 aliphatic rings. The smallest absolute Gasteiger partial charge is 0.431 e. The first-order valence-corrected chi connectivity index (χ1v) is 30.0. The molecule has 32 nitrogen and oxygen atoms in total. The maximum atomic E-state index is 13.4. The first-order valence-electron chi connectivity index (χ1n) is 25.7. The quantitative estimate of drug-likeness (QED) is 0.0148. The number of anilines is 9. The highest BCUT2D eigenvalue weighted by molar-refractivity contribution is 7.81. The molecular weight excluding hydrogens is 1220 g/mol. The average molecular weight is 1290 g/mol. The van der Waals surface area contributed by atoms with E-state index >= 15 is 0 Å². The molecule has 4 aromatic carbocycles. The third kappa shape index (κ3) is 24.4. The SMILES string of the molecule is COS(=O)(=O)[O-].COS(=O)(=O)[O-].COc1cc(N=Nc2sc(N(CC(C)O)CC(C)O)n[n+]2C)c(NC(C)=O)cc1Nc1ccc(NC(=O)c2ccc(Nc3cc(NC(C)=O)c(N=Nc4sc(N(CC(C)O)CC(C)O)n[n+]4C)cc3OC)cc2)cc1. The number of ether oxygens (including phenoxy) is 2. The van der Waals surface area contributed by atoms with Gasteiger partial charge in [0.2, 0.25) is 42.9 Å². The van der Waals surface area contributed by atoms with Gasteiger partial charge in [-0.25, -0.2) is 16.8 Å². The van der Waals surface area contributed by atoms with Crippen LogP contribution in [0.4, 0.5) is 71.7 Å². The lowest BCUT2D eigenvalue weighted by Crippen LogP contribution is -2.38. The van der Waals surface area contributed by atoms with Gasteiger partial charge in [-0.2, -0.15) is 0 Å². The first-order chi connectivity index (χ1) is 40.8. The lowest BCUT2D eigenvalue weighted by atomic mass is 10.1. The molecule has 0 aliphatic carbocycles. The number of nitrogens with one attached hydrogen (secondary N) is 5. The number of methoxy groups -OCH3 is 2. The van der Waals surface area contributed by atoms with Gasteiger partial charge in [-0.3, -0.25) is 22.7 Å². The van der Waals surface area contributed by atoms with Crippen LogP contribution in [0.15, 0.2) is 93.3 Å². The second-order valence-corrected chi connectivity index (χ2v) is 22.9. The predicted octanol–water partition coefficient (Wildman–Crippen LogP) is 5.07. The van der Waals surface area contributed by atoms with Crippen LogP contribution in [-0.2, 0) is 52.8 Å². The van der Waals surface area contributed by atoms with Crippen molar-refractivity contribution in [1.29, 1.82) is 0 Å². The number of hydrogen-bond acceptors (Lipinski definition) is 29. The number of nitrogens with zero attached hydrogens (tertiary/aromatic N) is 10. The number of carbonyl (C=O) groups is 3. The zero-order valence-electron chi connectivity index (χ0n) is 49.3. The van der Waals surface area contributed by atoms with Crippen LogP contribution < -0.4 is 55.2 Å². The summed E-state index contributed by atoms with van der Waals surface area (Å²) in [6.45, 7) is 10.4. The molecule has 0 fully saturated rings. The van der Waals surface area contributed by atoms with Crippen LogP contribution >= 0.6 is 22.7 Å². The average Bonchev–Trinajstić information content (AvgIpc) is 4.12. The normalized spacial score (nSPS) is 12.8. The molecule has 0 bridgehead atoms. The minimum Gasteiger partial charge on any atom is -0.726 e. The van der Waals surface area contributed by atoms with Gasteiger partial charge in [0.15, 0.2) is 0 Å². The Kier molecular flexibility index (Phi) is 27.3. The summed E-state index contributed by atoms with van der Waals surface area (Å²) in [6.07, 6.45) is -2.64. The molecule has 6 rings (SSSR count). The molecule has 9 N–H and O–H groups in total. The highest BCUT2D eigenvalue weighted by Gasteiger charge is 2.26. The monoisotopic (exact) mass is 1290 g/mol. The number of azo groups is 2. The summed E-state index contributed by atoms with van der Waals surface area (Å²) < 4.78 is 76.5. The Labute approximate surface area is 510 Å². The second-order valence-electron chi connectivity index (χ2n) is 18.7. The van der Waals surface area contributed by atoms with E-state index in [4.69, 9.17) is 9.47 Å². The Morgan fingerprint density at radius 2 is 0.874 bits per heavy atom. The standard InChI is InChI=1S/C49H61N15O9S2.2CH4O4S/c1-27(65)23-63(24-28(2)66)48-59-61(7)46(74-48)57-55-39-21-43(72-9)41(19-37(39)50-31(5)69)52-34-13-11-33(12-14-34)45(71)54-36-17-15-35(16-18-36)53-42-20-38(51-32(6)70)40(22-44(42)73-10)56-58-47-62(8)60-49(75-47)64(25-29(3)67)26-30(4)68;2*1-5-6(2,3)4/h11-22,27-30,65-68H,23-26H2,1-10H3,(H3,50,51,52,53,54,55,56,69,70,71);2*1H3,(H,2,3,4). The fraction of sp³-hybridized carbons (Fsp3) is 0.392. The summed E-state index contributed by atoms with van der Waals surface area (Å²) in [4.78, 5) is 41.6. The van der Waals surface area contributed by atoms with Crippen molar-refractivity contribution in [1.82, 2.24) is 10.2 Å². The maximum absolute atomic E-state index is 13.4. The molecule has 36 heteroatoms. The number of carbonyl (C=O) groups excluding carboxylic acids is 3. The summed E-state index contributed by atoms with van der Waals surface area (Å²) in [5.41, 5.74) is 4.50. The van der Waals surface area contributed by atoms with E-state index in [0.717, 1.165) is 14.2 Å². The third-order valence-electron chi connectivity index (χ3n) is 10.9. The predicted molar refractivity (Wildman–Crippen MR) is 321 cm³/mol. The van der Waals surface area contributed by atoms with E-state index in [1.807, 2.05) is 0 Å². The van der Waals surface area contributed by atoms with Gasteiger partial charge >= 0.3 is 10.3 Å². The zero-order valence-corrected chi connectivity index (χ0v) is 52.5. The molecule has 2 heterocycles. The number of amides is 3. The van der Waals surface area contributed by atoms with Crippen LogP contribution in [0.3, 0.4) is 0 Å². The van der Waals surface area contributed by atoms with Crippen LogP contribution in [0, 0.1) is 0 Å². The van der Waals surface area contributed by atoms with Crippen molar-refractivity contribution in [3.8, 4) is 11.5 Å². The second kappa shape index (κ2) is 33.2. The molecule has 0 saturated heterocycles. The molecule has 4 unspecified atom stereocenters. The van der Waals surface area contributed by atoms with Gasteiger partial charge < -0.3 is 75.4 Å². The molecule has 0 aliphatic heterocycles. The molecule has 2 aromatic heterocycles. The van der Waals surface area contributed by atoms with Crippen molar-refractivity contribution in [2.45, 2.75) is 66.0 Å². The van der Waals surface area contributed by atoms with Gasteiger partial charge in [0.25, 0.3) is 5.91 Å². The summed E-state index contributed by atoms with van der Waals surface area (Å²) >= 11 is 2.44. The molecule has 0 saturated carbocycles. The van der Waals surface area contributed by atoms with E-state index in [2.05, 4.69) is 65.6 Å². The molecule has 0 radical (unpaired) electrons. The van der Waals surface area contributed by atoms with E-state index in [1.54, 1.807) is 124 Å². The molecular formula is C51H69N15O17S4. The topological polar surface area (TPSA) is 433 Å². The highest BCUT2D eigenvalue weighted by atomic mass is 32.3. The van der Waals surface area contributed by atoms with E-state index in [9.17, 15) is 60.8 Å². The zero-order chi connectivity index (χ0) is 64.9. The van der Waals surface area contributed by atoms with Gasteiger partial charge in [0, 0.05) is 74.8 Å². The number of benzene rings is 4. The van der Waals surface area contributed by atoms with Crippen LogP contribution in [0.5, 0.6) is 11.5 Å². The van der Waals surface area contributed by atoms with E-state index < -0.39 is 45.2 Å². The lowest BCUT2D eigenvalue weighted by Gasteiger charge is -2.23. The van der Waals surface area contributed by atoms with Crippen molar-refractivity contribution in [2.24, 2.45) is 34.6 Å². The largest absolute Gasteiger partial charge is 0.726 e. The molecule has 474 valence electrons. The van der Waals surface area contributed by atoms with Crippen LogP contribution in [0.2, 0.25) is 0 Å². The molecule has 4 atom stereocenters. The fourth-order valence-corrected chi connectivity index (χ4v) is 9.03. The highest BCUT2D eigenvalue weighted by Crippen LogP contribution is 2.41. The number of rotatable bonds is 26. The molecule has 87 heavy (non-hydrogen) atoms. The van der Waals surface area contributed by atoms with E-state index in [-0.39, 0.29) is 43.9 Å². The Bertz CT molecular complexity index is 3520. The van der Waals surface area contributed by atoms with Crippen molar-refractivity contribution < 1.29 is 88.0 Å².